The number of rotatable bonds is 3. The van der Waals surface area contributed by atoms with Crippen LogP contribution in [0.4, 0.5) is 0 Å². The molecule has 1 heteroatoms. The van der Waals surface area contributed by atoms with Gasteiger partial charge in [-0.2, -0.15) is 0 Å². The van der Waals surface area contributed by atoms with E-state index in [0.29, 0.717) is 5.92 Å². The van der Waals surface area contributed by atoms with Crippen LogP contribution >= 0.6 is 0 Å². The standard InChI is InChI=1S/C10H19N/c1-6-8(4)10(7(2)3)9(5)11/h7,11H,6H2,1-5H3. The van der Waals surface area contributed by atoms with Gasteiger partial charge in [0.2, 0.25) is 0 Å². The maximum atomic E-state index is 7.56. The summed E-state index contributed by atoms with van der Waals surface area (Å²) in [6, 6.07) is 0. The molecule has 0 aliphatic carbocycles. The van der Waals surface area contributed by atoms with E-state index in [-0.39, 0.29) is 0 Å². The van der Waals surface area contributed by atoms with Crippen LogP contribution in [0.3, 0.4) is 0 Å². The third kappa shape index (κ3) is 2.87. The van der Waals surface area contributed by atoms with Gasteiger partial charge in [-0.05, 0) is 31.8 Å². The normalized spacial score (nSPS) is 13.3. The third-order valence-electron chi connectivity index (χ3n) is 1.97. The molecule has 0 saturated heterocycles. The fraction of sp³-hybridized carbons (Fsp3) is 0.700. The molecule has 0 spiro atoms. The molecule has 0 aromatic heterocycles. The van der Waals surface area contributed by atoms with E-state index in [1.165, 1.54) is 11.1 Å². The van der Waals surface area contributed by atoms with E-state index >= 15 is 0 Å². The van der Waals surface area contributed by atoms with E-state index in [9.17, 15) is 0 Å². The topological polar surface area (TPSA) is 23.9 Å². The zero-order valence-electron chi connectivity index (χ0n) is 8.28. The Kier molecular flexibility index (Phi) is 4.09. The Morgan fingerprint density at radius 2 is 1.73 bits per heavy atom. The Bertz CT molecular complexity index is 175. The highest BCUT2D eigenvalue weighted by Gasteiger charge is 2.07. The first kappa shape index (κ1) is 10.4. The van der Waals surface area contributed by atoms with Gasteiger partial charge in [0.25, 0.3) is 0 Å². The quantitative estimate of drug-likeness (QED) is 0.601. The molecule has 0 bridgehead atoms. The van der Waals surface area contributed by atoms with Crippen molar-refractivity contribution in [2.45, 2.75) is 41.0 Å². The third-order valence-corrected chi connectivity index (χ3v) is 1.97. The minimum atomic E-state index is 0.493. The average molecular weight is 153 g/mol. The zero-order chi connectivity index (χ0) is 9.02. The summed E-state index contributed by atoms with van der Waals surface area (Å²) in [7, 11) is 0. The summed E-state index contributed by atoms with van der Waals surface area (Å²) in [4.78, 5) is 0. The van der Waals surface area contributed by atoms with Crippen molar-refractivity contribution >= 4 is 5.71 Å². The van der Waals surface area contributed by atoms with Crippen LogP contribution in [0.5, 0.6) is 0 Å². The molecule has 0 rings (SSSR count). The lowest BCUT2D eigenvalue weighted by atomic mass is 9.93. The number of nitrogens with one attached hydrogen (secondary N) is 1. The predicted molar refractivity (Wildman–Crippen MR) is 51.2 cm³/mol. The second kappa shape index (κ2) is 4.32. The molecule has 0 heterocycles. The summed E-state index contributed by atoms with van der Waals surface area (Å²) < 4.78 is 0. The van der Waals surface area contributed by atoms with Gasteiger partial charge in [0.15, 0.2) is 0 Å². The monoisotopic (exact) mass is 153 g/mol. The summed E-state index contributed by atoms with van der Waals surface area (Å²) in [5.41, 5.74) is 3.30. The van der Waals surface area contributed by atoms with Crippen molar-refractivity contribution < 1.29 is 0 Å². The SMILES string of the molecule is CCC(C)=C(C(C)=N)C(C)C. The fourth-order valence-corrected chi connectivity index (χ4v) is 1.44. The van der Waals surface area contributed by atoms with Gasteiger partial charge in [0, 0.05) is 5.71 Å². The molecule has 0 aliphatic rings. The van der Waals surface area contributed by atoms with Crippen LogP contribution in [-0.4, -0.2) is 5.71 Å². The Balaban J connectivity index is 4.73. The van der Waals surface area contributed by atoms with Crippen LogP contribution in [0, 0.1) is 11.3 Å². The minimum Gasteiger partial charge on any atom is -0.305 e. The van der Waals surface area contributed by atoms with E-state index in [1.54, 1.807) is 0 Å². The molecule has 1 nitrogen and oxygen atoms in total. The number of hydrogen-bond acceptors (Lipinski definition) is 1. The van der Waals surface area contributed by atoms with Gasteiger partial charge >= 0.3 is 0 Å². The molecular weight excluding hydrogens is 134 g/mol. The number of allylic oxidation sites excluding steroid dienone is 2. The molecule has 0 unspecified atom stereocenters. The Labute approximate surface area is 70.0 Å². The largest absolute Gasteiger partial charge is 0.305 e. The zero-order valence-corrected chi connectivity index (χ0v) is 8.28. The highest BCUT2D eigenvalue weighted by Crippen LogP contribution is 2.17. The average Bonchev–Trinajstić information content (AvgIpc) is 1.85. The van der Waals surface area contributed by atoms with Gasteiger partial charge in [-0.3, -0.25) is 0 Å². The van der Waals surface area contributed by atoms with Crippen LogP contribution in [0.2, 0.25) is 0 Å². The van der Waals surface area contributed by atoms with Gasteiger partial charge in [-0.15, -0.1) is 0 Å². The first-order valence-corrected chi connectivity index (χ1v) is 4.25. The Morgan fingerprint density at radius 1 is 1.27 bits per heavy atom. The molecule has 0 fully saturated rings. The van der Waals surface area contributed by atoms with Crippen molar-refractivity contribution in [3.05, 3.63) is 11.1 Å². The molecular formula is C10H19N. The molecule has 0 saturated carbocycles. The van der Waals surface area contributed by atoms with Crippen molar-refractivity contribution in [2.24, 2.45) is 5.92 Å². The van der Waals surface area contributed by atoms with Crippen LogP contribution in [0.1, 0.15) is 41.0 Å². The van der Waals surface area contributed by atoms with Crippen molar-refractivity contribution in [3.63, 3.8) is 0 Å². The summed E-state index contributed by atoms with van der Waals surface area (Å²) in [5.74, 6) is 0.493. The minimum absolute atomic E-state index is 0.493. The maximum absolute atomic E-state index is 7.56. The molecule has 0 atom stereocenters. The van der Waals surface area contributed by atoms with Crippen LogP contribution in [0.25, 0.3) is 0 Å². The Morgan fingerprint density at radius 3 is 1.82 bits per heavy atom. The molecule has 64 valence electrons. The van der Waals surface area contributed by atoms with Gasteiger partial charge in [0.05, 0.1) is 0 Å². The van der Waals surface area contributed by atoms with Crippen molar-refractivity contribution in [1.29, 1.82) is 5.41 Å². The van der Waals surface area contributed by atoms with Gasteiger partial charge in [-0.1, -0.05) is 26.3 Å². The van der Waals surface area contributed by atoms with Crippen molar-refractivity contribution in [2.75, 3.05) is 0 Å². The second-order valence-corrected chi connectivity index (χ2v) is 3.33. The first-order valence-electron chi connectivity index (χ1n) is 4.25. The molecule has 1 N–H and O–H groups in total. The summed E-state index contributed by atoms with van der Waals surface area (Å²) >= 11 is 0. The molecule has 0 radical (unpaired) electrons. The first-order chi connectivity index (χ1) is 5.00. The van der Waals surface area contributed by atoms with Crippen LogP contribution < -0.4 is 0 Å². The highest BCUT2D eigenvalue weighted by atomic mass is 14.4. The lowest BCUT2D eigenvalue weighted by Crippen LogP contribution is -2.05. The summed E-state index contributed by atoms with van der Waals surface area (Å²) in [5, 5.41) is 7.56. The van der Waals surface area contributed by atoms with Crippen LogP contribution in [0.15, 0.2) is 11.1 Å². The summed E-state index contributed by atoms with van der Waals surface area (Å²) in [6.07, 6.45) is 1.06. The van der Waals surface area contributed by atoms with Crippen molar-refractivity contribution in [1.82, 2.24) is 0 Å². The van der Waals surface area contributed by atoms with Gasteiger partial charge in [-0.25, -0.2) is 0 Å². The maximum Gasteiger partial charge on any atom is 0.0316 e. The molecule has 11 heavy (non-hydrogen) atoms. The molecule has 0 aromatic carbocycles. The van der Waals surface area contributed by atoms with E-state index in [4.69, 9.17) is 5.41 Å². The Hall–Kier alpha value is -0.590. The van der Waals surface area contributed by atoms with Crippen LogP contribution in [-0.2, 0) is 0 Å². The van der Waals surface area contributed by atoms with E-state index in [1.807, 2.05) is 6.92 Å². The lowest BCUT2D eigenvalue weighted by Gasteiger charge is -2.13. The van der Waals surface area contributed by atoms with Crippen molar-refractivity contribution in [3.8, 4) is 0 Å². The highest BCUT2D eigenvalue weighted by molar-refractivity contribution is 5.96. The number of hydrogen-bond donors (Lipinski definition) is 1. The van der Waals surface area contributed by atoms with Gasteiger partial charge < -0.3 is 5.41 Å². The predicted octanol–water partition coefficient (Wildman–Crippen LogP) is 3.41. The second-order valence-electron chi connectivity index (χ2n) is 3.33. The van der Waals surface area contributed by atoms with E-state index < -0.39 is 0 Å². The van der Waals surface area contributed by atoms with Gasteiger partial charge in [0.1, 0.15) is 0 Å². The smallest absolute Gasteiger partial charge is 0.0316 e. The fourth-order valence-electron chi connectivity index (χ4n) is 1.44. The molecule has 0 aromatic rings. The molecule has 0 aliphatic heterocycles. The van der Waals surface area contributed by atoms with E-state index in [0.717, 1.165) is 12.1 Å². The lowest BCUT2D eigenvalue weighted by molar-refractivity contribution is 0.780. The summed E-state index contributed by atoms with van der Waals surface area (Å²) in [6.45, 7) is 10.4. The van der Waals surface area contributed by atoms with E-state index in [2.05, 4.69) is 27.7 Å². The molecule has 0 amide bonds.